The molecule has 0 saturated carbocycles. The van der Waals surface area contributed by atoms with Gasteiger partial charge in [-0.15, -0.1) is 0 Å². The van der Waals surface area contributed by atoms with Crippen LogP contribution in [0.4, 0.5) is 0 Å². The molecule has 1 aliphatic heterocycles. The molecule has 1 fully saturated rings. The lowest BCUT2D eigenvalue weighted by atomic mass is 10.0. The Morgan fingerprint density at radius 3 is 3.04 bits per heavy atom. The average Bonchev–Trinajstić information content (AvgIpc) is 3.29. The molecule has 2 aromatic heterocycles. The van der Waals surface area contributed by atoms with Crippen molar-refractivity contribution in [2.75, 3.05) is 13.1 Å². The second-order valence-electron chi connectivity index (χ2n) is 7.17. The van der Waals surface area contributed by atoms with Gasteiger partial charge in [0.05, 0.1) is 6.04 Å². The van der Waals surface area contributed by atoms with Gasteiger partial charge in [0.1, 0.15) is 5.82 Å². The zero-order valence-corrected chi connectivity index (χ0v) is 14.8. The van der Waals surface area contributed by atoms with Crippen molar-refractivity contribution in [3.05, 3.63) is 54.2 Å². The van der Waals surface area contributed by atoms with E-state index in [2.05, 4.69) is 34.6 Å². The number of fused-ring (bicyclic) bond motifs is 1. The highest BCUT2D eigenvalue weighted by Gasteiger charge is 2.27. The summed E-state index contributed by atoms with van der Waals surface area (Å²) >= 11 is 0. The van der Waals surface area contributed by atoms with E-state index in [9.17, 15) is 4.79 Å². The number of rotatable bonds is 3. The van der Waals surface area contributed by atoms with Crippen LogP contribution in [0.5, 0.6) is 0 Å². The highest BCUT2D eigenvalue weighted by atomic mass is 16.2. The number of nitrogens with one attached hydrogen (secondary N) is 1. The first-order chi connectivity index (χ1) is 12.1. The Kier molecular flexibility index (Phi) is 4.07. The van der Waals surface area contributed by atoms with E-state index in [1.54, 1.807) is 0 Å². The lowest BCUT2D eigenvalue weighted by Crippen LogP contribution is -2.41. The summed E-state index contributed by atoms with van der Waals surface area (Å²) in [4.78, 5) is 22.7. The van der Waals surface area contributed by atoms with Gasteiger partial charge in [-0.05, 0) is 36.4 Å². The molecule has 130 valence electrons. The molecule has 0 aliphatic carbocycles. The number of imidazole rings is 1. The van der Waals surface area contributed by atoms with Gasteiger partial charge < -0.3 is 14.5 Å². The monoisotopic (exact) mass is 336 g/mol. The van der Waals surface area contributed by atoms with Gasteiger partial charge in [0.15, 0.2) is 0 Å². The highest BCUT2D eigenvalue weighted by molar-refractivity contribution is 5.98. The molecule has 5 heteroatoms. The zero-order chi connectivity index (χ0) is 17.4. The summed E-state index contributed by atoms with van der Waals surface area (Å²) in [6.45, 7) is 5.90. The molecule has 3 aromatic rings. The summed E-state index contributed by atoms with van der Waals surface area (Å²) in [5.74, 6) is 1.61. The second-order valence-corrected chi connectivity index (χ2v) is 7.17. The van der Waals surface area contributed by atoms with Crippen LogP contribution in [0.25, 0.3) is 10.9 Å². The smallest absolute Gasteiger partial charge is 0.254 e. The largest absolute Gasteiger partial charge is 0.361 e. The summed E-state index contributed by atoms with van der Waals surface area (Å²) in [5, 5.41) is 1.13. The van der Waals surface area contributed by atoms with Gasteiger partial charge in [-0.3, -0.25) is 4.79 Å². The summed E-state index contributed by atoms with van der Waals surface area (Å²) in [7, 11) is 0. The molecule has 1 aliphatic rings. The molecule has 1 amide bonds. The van der Waals surface area contributed by atoms with E-state index in [1.165, 1.54) is 0 Å². The van der Waals surface area contributed by atoms with Crippen LogP contribution < -0.4 is 0 Å². The number of benzene rings is 1. The van der Waals surface area contributed by atoms with Crippen molar-refractivity contribution in [2.24, 2.45) is 0 Å². The molecular weight excluding hydrogens is 312 g/mol. The van der Waals surface area contributed by atoms with Gasteiger partial charge in [-0.2, -0.15) is 0 Å². The molecule has 0 spiro atoms. The minimum atomic E-state index is 0.118. The molecule has 1 saturated heterocycles. The van der Waals surface area contributed by atoms with Gasteiger partial charge in [-0.25, -0.2) is 4.98 Å². The zero-order valence-electron chi connectivity index (χ0n) is 14.8. The summed E-state index contributed by atoms with van der Waals surface area (Å²) < 4.78 is 2.26. The van der Waals surface area contributed by atoms with Crippen LogP contribution in [-0.4, -0.2) is 38.4 Å². The van der Waals surface area contributed by atoms with E-state index in [-0.39, 0.29) is 5.91 Å². The Bertz CT molecular complexity index is 892. The van der Waals surface area contributed by atoms with Crippen LogP contribution in [0.1, 0.15) is 54.8 Å². The normalized spacial score (nSPS) is 18.2. The first-order valence-electron chi connectivity index (χ1n) is 9.02. The first-order valence-corrected chi connectivity index (χ1v) is 9.02. The third-order valence-corrected chi connectivity index (χ3v) is 5.09. The van der Waals surface area contributed by atoms with E-state index in [4.69, 9.17) is 0 Å². The highest BCUT2D eigenvalue weighted by Crippen LogP contribution is 2.27. The number of aromatic amines is 1. The first kappa shape index (κ1) is 15.9. The summed E-state index contributed by atoms with van der Waals surface area (Å²) in [6.07, 6.45) is 7.95. The number of hydrogen-bond acceptors (Lipinski definition) is 2. The predicted octanol–water partition coefficient (Wildman–Crippen LogP) is 3.97. The lowest BCUT2D eigenvalue weighted by Gasteiger charge is -2.34. The topological polar surface area (TPSA) is 53.9 Å². The fourth-order valence-electron chi connectivity index (χ4n) is 3.81. The summed E-state index contributed by atoms with van der Waals surface area (Å²) in [5.41, 5.74) is 1.77. The molecule has 1 aromatic carbocycles. The SMILES string of the molecule is CC(C)c1nccn1C1CCCN(C(=O)c2ccc3cc[nH]c3c2)C1. The fraction of sp³-hybridized carbons (Fsp3) is 0.400. The van der Waals surface area contributed by atoms with E-state index in [0.717, 1.165) is 48.2 Å². The minimum absolute atomic E-state index is 0.118. The molecule has 1 N–H and O–H groups in total. The fourth-order valence-corrected chi connectivity index (χ4v) is 3.81. The quantitative estimate of drug-likeness (QED) is 0.787. The van der Waals surface area contributed by atoms with Gasteiger partial charge in [0, 0.05) is 48.7 Å². The number of hydrogen-bond donors (Lipinski definition) is 1. The standard InChI is InChI=1S/C20H24N4O/c1-14(2)19-22-9-11-24(19)17-4-3-10-23(13-17)20(25)16-6-5-15-7-8-21-18(15)12-16/h5-9,11-12,14,17,21H,3-4,10,13H2,1-2H3. The van der Waals surface area contributed by atoms with E-state index < -0.39 is 0 Å². The maximum Gasteiger partial charge on any atom is 0.254 e. The number of carbonyl (C=O) groups is 1. The van der Waals surface area contributed by atoms with Gasteiger partial charge >= 0.3 is 0 Å². The van der Waals surface area contributed by atoms with Crippen LogP contribution in [0, 0.1) is 0 Å². The Hall–Kier alpha value is -2.56. The van der Waals surface area contributed by atoms with Crippen molar-refractivity contribution < 1.29 is 4.79 Å². The molecule has 25 heavy (non-hydrogen) atoms. The molecule has 0 radical (unpaired) electrons. The molecule has 1 unspecified atom stereocenters. The van der Waals surface area contributed by atoms with Gasteiger partial charge in [-0.1, -0.05) is 19.9 Å². The van der Waals surface area contributed by atoms with E-state index >= 15 is 0 Å². The van der Waals surface area contributed by atoms with Crippen LogP contribution in [0.3, 0.4) is 0 Å². The maximum atomic E-state index is 13.0. The van der Waals surface area contributed by atoms with E-state index in [0.29, 0.717) is 12.0 Å². The van der Waals surface area contributed by atoms with Gasteiger partial charge in [0.2, 0.25) is 0 Å². The third-order valence-electron chi connectivity index (χ3n) is 5.09. The van der Waals surface area contributed by atoms with Crippen molar-refractivity contribution in [3.8, 4) is 0 Å². The third kappa shape index (κ3) is 2.95. The van der Waals surface area contributed by atoms with Crippen molar-refractivity contribution in [1.82, 2.24) is 19.4 Å². The number of carbonyl (C=O) groups excluding carboxylic acids is 1. The number of aromatic nitrogens is 3. The van der Waals surface area contributed by atoms with Crippen LogP contribution in [0.2, 0.25) is 0 Å². The van der Waals surface area contributed by atoms with Gasteiger partial charge in [0.25, 0.3) is 5.91 Å². The summed E-state index contributed by atoms with van der Waals surface area (Å²) in [6, 6.07) is 8.23. The number of nitrogens with zero attached hydrogens (tertiary/aromatic N) is 3. The number of H-pyrrole nitrogens is 1. The molecule has 4 rings (SSSR count). The molecule has 1 atom stereocenters. The minimum Gasteiger partial charge on any atom is -0.361 e. The molecule has 3 heterocycles. The Morgan fingerprint density at radius 2 is 2.20 bits per heavy atom. The van der Waals surface area contributed by atoms with Crippen molar-refractivity contribution in [2.45, 2.75) is 38.6 Å². The Labute approximate surface area is 147 Å². The number of piperidine rings is 1. The molecule has 0 bridgehead atoms. The van der Waals surface area contributed by atoms with Crippen molar-refractivity contribution in [3.63, 3.8) is 0 Å². The Balaban J connectivity index is 1.56. The number of amides is 1. The van der Waals surface area contributed by atoms with Crippen LogP contribution >= 0.6 is 0 Å². The van der Waals surface area contributed by atoms with Crippen molar-refractivity contribution >= 4 is 16.8 Å². The second kappa shape index (κ2) is 6.39. The van der Waals surface area contributed by atoms with E-state index in [1.807, 2.05) is 41.6 Å². The average molecular weight is 336 g/mol. The van der Waals surface area contributed by atoms with Crippen molar-refractivity contribution in [1.29, 1.82) is 0 Å². The van der Waals surface area contributed by atoms with Crippen LogP contribution in [-0.2, 0) is 0 Å². The molecule has 5 nitrogen and oxygen atoms in total. The maximum absolute atomic E-state index is 13.0. The lowest BCUT2D eigenvalue weighted by molar-refractivity contribution is 0.0677. The van der Waals surface area contributed by atoms with Crippen LogP contribution in [0.15, 0.2) is 42.9 Å². The number of likely N-dealkylation sites (tertiary alicyclic amines) is 1. The Morgan fingerprint density at radius 1 is 1.32 bits per heavy atom. The predicted molar refractivity (Wildman–Crippen MR) is 98.8 cm³/mol. The molecular formula is C20H24N4O.